The molecule has 0 fully saturated rings. The van der Waals surface area contributed by atoms with E-state index >= 15 is 0 Å². The van der Waals surface area contributed by atoms with Crippen molar-refractivity contribution in [2.45, 2.75) is 13.3 Å². The Labute approximate surface area is 119 Å². The number of anilines is 1. The molecule has 0 radical (unpaired) electrons. The molecule has 0 saturated heterocycles. The summed E-state index contributed by atoms with van der Waals surface area (Å²) in [4.78, 5) is 15.7. The van der Waals surface area contributed by atoms with Gasteiger partial charge < -0.3 is 5.32 Å². The van der Waals surface area contributed by atoms with E-state index in [1.54, 1.807) is 13.0 Å². The smallest absolute Gasteiger partial charge is 0.311 e. The Bertz CT molecular complexity index is 600. The van der Waals surface area contributed by atoms with Crippen LogP contribution in [0.25, 0.3) is 0 Å². The molecule has 19 heavy (non-hydrogen) atoms. The summed E-state index contributed by atoms with van der Waals surface area (Å²) in [6.07, 6.45) is 0.754. The van der Waals surface area contributed by atoms with Gasteiger partial charge >= 0.3 is 5.69 Å². The third kappa shape index (κ3) is 3.65. The fourth-order valence-corrected chi connectivity index (χ4v) is 2.70. The summed E-state index contributed by atoms with van der Waals surface area (Å²) < 4.78 is 0.745. The van der Waals surface area contributed by atoms with Gasteiger partial charge in [0.25, 0.3) is 0 Å². The Morgan fingerprint density at radius 2 is 2.21 bits per heavy atom. The maximum absolute atomic E-state index is 10.9. The Hall–Kier alpha value is -1.66. The van der Waals surface area contributed by atoms with Crippen LogP contribution in [0.2, 0.25) is 4.34 Å². The minimum atomic E-state index is -0.434. The van der Waals surface area contributed by atoms with Crippen LogP contribution in [0.1, 0.15) is 10.6 Å². The molecule has 0 aliphatic rings. The summed E-state index contributed by atoms with van der Waals surface area (Å²) in [5.41, 5.74) is 0.738. The van der Waals surface area contributed by atoms with Crippen molar-refractivity contribution in [1.82, 2.24) is 4.98 Å². The molecule has 0 aliphatic carbocycles. The minimum Gasteiger partial charge on any atom is -0.364 e. The van der Waals surface area contributed by atoms with Crippen LogP contribution in [-0.2, 0) is 6.42 Å². The molecule has 100 valence electrons. The second-order valence-corrected chi connectivity index (χ2v) is 5.76. The Kier molecular flexibility index (Phi) is 4.34. The molecule has 0 bridgehead atoms. The second-order valence-electron chi connectivity index (χ2n) is 3.96. The van der Waals surface area contributed by atoms with Crippen molar-refractivity contribution >= 4 is 34.4 Å². The van der Waals surface area contributed by atoms with Gasteiger partial charge in [-0.2, -0.15) is 0 Å². The molecule has 5 nitrogen and oxygen atoms in total. The number of hydrogen-bond acceptors (Lipinski definition) is 5. The SMILES string of the molecule is Cc1ccc([N+](=O)[O-])c(NCCc2ccc(Cl)s2)n1. The number of thiophene rings is 1. The zero-order valence-electron chi connectivity index (χ0n) is 10.2. The average molecular weight is 298 g/mol. The highest BCUT2D eigenvalue weighted by Gasteiger charge is 2.14. The molecule has 0 aromatic carbocycles. The Morgan fingerprint density at radius 1 is 1.42 bits per heavy atom. The molecule has 0 saturated carbocycles. The number of nitro groups is 1. The summed E-state index contributed by atoms with van der Waals surface area (Å²) >= 11 is 7.35. The lowest BCUT2D eigenvalue weighted by Crippen LogP contribution is -2.08. The molecule has 0 spiro atoms. The van der Waals surface area contributed by atoms with E-state index in [0.717, 1.165) is 21.3 Å². The van der Waals surface area contributed by atoms with E-state index in [1.165, 1.54) is 17.4 Å². The summed E-state index contributed by atoms with van der Waals surface area (Å²) in [7, 11) is 0. The summed E-state index contributed by atoms with van der Waals surface area (Å²) in [5.74, 6) is 0.313. The second kappa shape index (κ2) is 5.99. The number of pyridine rings is 1. The average Bonchev–Trinajstić information content (AvgIpc) is 2.75. The number of rotatable bonds is 5. The van der Waals surface area contributed by atoms with Crippen LogP contribution in [0.15, 0.2) is 24.3 Å². The standard InChI is InChI=1S/C12H12ClN3O2S/c1-8-2-4-10(16(17)18)12(15-8)14-7-6-9-3-5-11(13)19-9/h2-5H,6-7H2,1H3,(H,14,15). The fraction of sp³-hybridized carbons (Fsp3) is 0.250. The van der Waals surface area contributed by atoms with Crippen LogP contribution in [0.5, 0.6) is 0 Å². The molecule has 1 N–H and O–H groups in total. The normalized spacial score (nSPS) is 10.4. The van der Waals surface area contributed by atoms with Gasteiger partial charge in [-0.1, -0.05) is 11.6 Å². The lowest BCUT2D eigenvalue weighted by molar-refractivity contribution is -0.384. The van der Waals surface area contributed by atoms with Gasteiger partial charge in [-0.15, -0.1) is 11.3 Å². The van der Waals surface area contributed by atoms with E-state index in [2.05, 4.69) is 10.3 Å². The largest absolute Gasteiger partial charge is 0.364 e. The maximum atomic E-state index is 10.9. The van der Waals surface area contributed by atoms with Crippen LogP contribution in [0, 0.1) is 17.0 Å². The van der Waals surface area contributed by atoms with E-state index in [9.17, 15) is 10.1 Å². The Balaban J connectivity index is 2.02. The molecule has 0 aliphatic heterocycles. The van der Waals surface area contributed by atoms with Gasteiger partial charge in [-0.05, 0) is 31.5 Å². The van der Waals surface area contributed by atoms with E-state index in [0.29, 0.717) is 12.4 Å². The molecule has 2 rings (SSSR count). The fourth-order valence-electron chi connectivity index (χ4n) is 1.62. The van der Waals surface area contributed by atoms with Gasteiger partial charge in [0.1, 0.15) is 0 Å². The highest BCUT2D eigenvalue weighted by Crippen LogP contribution is 2.24. The first-order valence-electron chi connectivity index (χ1n) is 5.66. The van der Waals surface area contributed by atoms with Crippen molar-refractivity contribution in [2.75, 3.05) is 11.9 Å². The minimum absolute atomic E-state index is 0.00480. The summed E-state index contributed by atoms with van der Waals surface area (Å²) in [5, 5.41) is 13.9. The van der Waals surface area contributed by atoms with Gasteiger partial charge in [0.15, 0.2) is 0 Å². The van der Waals surface area contributed by atoms with Crippen LogP contribution < -0.4 is 5.32 Å². The van der Waals surface area contributed by atoms with Gasteiger partial charge in [0, 0.05) is 23.2 Å². The van der Waals surface area contributed by atoms with E-state index < -0.39 is 4.92 Å². The predicted octanol–water partition coefficient (Wildman–Crippen LogP) is 3.67. The zero-order valence-corrected chi connectivity index (χ0v) is 11.8. The van der Waals surface area contributed by atoms with Crippen LogP contribution in [-0.4, -0.2) is 16.5 Å². The third-order valence-corrected chi connectivity index (χ3v) is 3.79. The van der Waals surface area contributed by atoms with Crippen molar-refractivity contribution in [2.24, 2.45) is 0 Å². The van der Waals surface area contributed by atoms with Crippen molar-refractivity contribution in [3.63, 3.8) is 0 Å². The van der Waals surface area contributed by atoms with Crippen molar-refractivity contribution in [3.05, 3.63) is 49.3 Å². The van der Waals surface area contributed by atoms with E-state index in [4.69, 9.17) is 11.6 Å². The first kappa shape index (κ1) is 13.8. The van der Waals surface area contributed by atoms with Gasteiger partial charge in [0.05, 0.1) is 9.26 Å². The first-order valence-corrected chi connectivity index (χ1v) is 6.86. The summed E-state index contributed by atoms with van der Waals surface area (Å²) in [6.45, 7) is 2.38. The van der Waals surface area contributed by atoms with Gasteiger partial charge in [-0.3, -0.25) is 10.1 Å². The number of aromatic nitrogens is 1. The monoisotopic (exact) mass is 297 g/mol. The molecular weight excluding hydrogens is 286 g/mol. The number of nitrogens with one attached hydrogen (secondary N) is 1. The molecule has 0 amide bonds. The van der Waals surface area contributed by atoms with Gasteiger partial charge in [-0.25, -0.2) is 4.98 Å². The molecule has 0 atom stereocenters. The van der Waals surface area contributed by atoms with E-state index in [1.807, 2.05) is 12.1 Å². The number of hydrogen-bond donors (Lipinski definition) is 1. The Morgan fingerprint density at radius 3 is 2.84 bits per heavy atom. The van der Waals surface area contributed by atoms with Crippen molar-refractivity contribution in [1.29, 1.82) is 0 Å². The van der Waals surface area contributed by atoms with Gasteiger partial charge in [0.2, 0.25) is 5.82 Å². The highest BCUT2D eigenvalue weighted by molar-refractivity contribution is 7.16. The van der Waals surface area contributed by atoms with Crippen LogP contribution in [0.3, 0.4) is 0 Å². The quantitative estimate of drug-likeness (QED) is 0.675. The number of halogens is 1. The lowest BCUT2D eigenvalue weighted by Gasteiger charge is -2.06. The first-order chi connectivity index (χ1) is 9.06. The van der Waals surface area contributed by atoms with Crippen LogP contribution >= 0.6 is 22.9 Å². The maximum Gasteiger partial charge on any atom is 0.311 e. The highest BCUT2D eigenvalue weighted by atomic mass is 35.5. The number of aryl methyl sites for hydroxylation is 1. The predicted molar refractivity (Wildman–Crippen MR) is 77.2 cm³/mol. The van der Waals surface area contributed by atoms with Crippen molar-refractivity contribution < 1.29 is 4.92 Å². The summed E-state index contributed by atoms with van der Waals surface area (Å²) in [6, 6.07) is 6.89. The molecule has 2 heterocycles. The molecule has 7 heteroatoms. The molecular formula is C12H12ClN3O2S. The zero-order chi connectivity index (χ0) is 13.8. The lowest BCUT2D eigenvalue weighted by atomic mass is 10.3. The third-order valence-electron chi connectivity index (χ3n) is 2.50. The molecule has 2 aromatic heterocycles. The molecule has 2 aromatic rings. The topological polar surface area (TPSA) is 68.1 Å². The van der Waals surface area contributed by atoms with Crippen LogP contribution in [0.4, 0.5) is 11.5 Å². The van der Waals surface area contributed by atoms with Crippen molar-refractivity contribution in [3.8, 4) is 0 Å². The number of nitrogens with zero attached hydrogens (tertiary/aromatic N) is 2. The molecule has 0 unspecified atom stereocenters. The van der Waals surface area contributed by atoms with E-state index in [-0.39, 0.29) is 5.69 Å².